The number of carbonyl (C=O) groups is 1. The Labute approximate surface area is 119 Å². The molecule has 1 aliphatic rings. The Morgan fingerprint density at radius 1 is 1.40 bits per heavy atom. The van der Waals surface area contributed by atoms with Crippen molar-refractivity contribution < 1.29 is 4.79 Å². The highest BCUT2D eigenvalue weighted by molar-refractivity contribution is 6.01. The molecule has 2 heterocycles. The number of hydrogen-bond acceptors (Lipinski definition) is 5. The van der Waals surface area contributed by atoms with Crippen molar-refractivity contribution in [2.45, 2.75) is 19.3 Å². The second kappa shape index (κ2) is 7.09. The highest BCUT2D eigenvalue weighted by Gasteiger charge is 2.14. The molecular formula is C14H23N5O. The van der Waals surface area contributed by atoms with Gasteiger partial charge in [-0.15, -0.1) is 0 Å². The van der Waals surface area contributed by atoms with Crippen molar-refractivity contribution >= 4 is 17.4 Å². The number of piperidine rings is 1. The smallest absolute Gasteiger partial charge is 0.253 e. The van der Waals surface area contributed by atoms with Crippen LogP contribution in [-0.2, 0) is 0 Å². The molecule has 6 nitrogen and oxygen atoms in total. The first-order valence-corrected chi connectivity index (χ1v) is 7.15. The van der Waals surface area contributed by atoms with Crippen LogP contribution in [0.15, 0.2) is 12.3 Å². The Morgan fingerprint density at radius 2 is 2.15 bits per heavy atom. The third kappa shape index (κ3) is 3.60. The quantitative estimate of drug-likeness (QED) is 0.745. The van der Waals surface area contributed by atoms with E-state index < -0.39 is 0 Å². The fourth-order valence-electron chi connectivity index (χ4n) is 2.48. The van der Waals surface area contributed by atoms with Gasteiger partial charge in [0, 0.05) is 26.3 Å². The van der Waals surface area contributed by atoms with Crippen molar-refractivity contribution in [2.75, 3.05) is 44.3 Å². The van der Waals surface area contributed by atoms with E-state index in [4.69, 9.17) is 5.73 Å². The normalized spacial score (nSPS) is 15.8. The van der Waals surface area contributed by atoms with Gasteiger partial charge in [-0.25, -0.2) is 4.98 Å². The molecule has 0 saturated carbocycles. The predicted octanol–water partition coefficient (Wildman–Crippen LogP) is 0.921. The number of nitrogens with zero attached hydrogens (tertiary/aromatic N) is 2. The second-order valence-electron chi connectivity index (χ2n) is 5.03. The van der Waals surface area contributed by atoms with E-state index in [1.165, 1.54) is 19.3 Å². The van der Waals surface area contributed by atoms with Crippen molar-refractivity contribution in [3.05, 3.63) is 17.8 Å². The lowest BCUT2D eigenvalue weighted by Crippen LogP contribution is -2.37. The van der Waals surface area contributed by atoms with Crippen LogP contribution in [0.4, 0.5) is 11.5 Å². The minimum Gasteiger partial charge on any atom is -0.395 e. The maximum atomic E-state index is 12.1. The summed E-state index contributed by atoms with van der Waals surface area (Å²) in [6.45, 7) is 3.82. The average Bonchev–Trinajstić information content (AvgIpc) is 2.48. The van der Waals surface area contributed by atoms with Gasteiger partial charge in [0.05, 0.1) is 11.3 Å². The lowest BCUT2D eigenvalue weighted by molar-refractivity contribution is 0.0947. The summed E-state index contributed by atoms with van der Waals surface area (Å²) in [6, 6.07) is 1.65. The molecule has 4 N–H and O–H groups in total. The van der Waals surface area contributed by atoms with Gasteiger partial charge in [-0.3, -0.25) is 4.79 Å². The van der Waals surface area contributed by atoms with Crippen LogP contribution in [-0.4, -0.2) is 49.0 Å². The number of carbonyl (C=O) groups excluding carboxylic acids is 1. The molecular weight excluding hydrogens is 254 g/mol. The van der Waals surface area contributed by atoms with E-state index in [0.29, 0.717) is 23.6 Å². The zero-order chi connectivity index (χ0) is 14.4. The number of aromatic nitrogens is 1. The molecule has 1 aromatic heterocycles. The number of nitrogen functional groups attached to an aromatic ring is 1. The molecule has 0 aliphatic carbocycles. The van der Waals surface area contributed by atoms with Gasteiger partial charge in [0.15, 0.2) is 0 Å². The number of nitrogens with two attached hydrogens (primary N) is 1. The van der Waals surface area contributed by atoms with Gasteiger partial charge in [0.1, 0.15) is 5.82 Å². The Hall–Kier alpha value is -1.82. The van der Waals surface area contributed by atoms with E-state index in [9.17, 15) is 4.79 Å². The molecule has 1 fully saturated rings. The Bertz CT molecular complexity index is 457. The SMILES string of the molecule is CNc1nccc(C(=O)NCCN2CCCCC2)c1N. The summed E-state index contributed by atoms with van der Waals surface area (Å²) < 4.78 is 0. The number of anilines is 2. The van der Waals surface area contributed by atoms with Crippen LogP contribution >= 0.6 is 0 Å². The van der Waals surface area contributed by atoms with Gasteiger partial charge in [0.2, 0.25) is 0 Å². The molecule has 6 heteroatoms. The van der Waals surface area contributed by atoms with Gasteiger partial charge in [-0.1, -0.05) is 6.42 Å². The number of hydrogen-bond donors (Lipinski definition) is 3. The van der Waals surface area contributed by atoms with Crippen molar-refractivity contribution in [1.29, 1.82) is 0 Å². The first-order valence-electron chi connectivity index (χ1n) is 7.15. The van der Waals surface area contributed by atoms with Crippen LogP contribution in [0.5, 0.6) is 0 Å². The number of rotatable bonds is 5. The fraction of sp³-hybridized carbons (Fsp3) is 0.571. The Kier molecular flexibility index (Phi) is 5.17. The summed E-state index contributed by atoms with van der Waals surface area (Å²) in [7, 11) is 1.73. The van der Waals surface area contributed by atoms with Crippen molar-refractivity contribution in [2.24, 2.45) is 0 Å². The van der Waals surface area contributed by atoms with E-state index in [1.54, 1.807) is 19.3 Å². The Balaban J connectivity index is 1.85. The third-order valence-electron chi connectivity index (χ3n) is 3.63. The van der Waals surface area contributed by atoms with E-state index in [2.05, 4.69) is 20.5 Å². The fourth-order valence-corrected chi connectivity index (χ4v) is 2.48. The molecule has 1 aliphatic heterocycles. The zero-order valence-electron chi connectivity index (χ0n) is 12.0. The highest BCUT2D eigenvalue weighted by Crippen LogP contribution is 2.18. The molecule has 1 aromatic rings. The molecule has 20 heavy (non-hydrogen) atoms. The van der Waals surface area contributed by atoms with Gasteiger partial charge in [-0.2, -0.15) is 0 Å². The molecule has 2 rings (SSSR count). The van der Waals surface area contributed by atoms with E-state index >= 15 is 0 Å². The number of pyridine rings is 1. The first kappa shape index (κ1) is 14.6. The molecule has 0 bridgehead atoms. The Morgan fingerprint density at radius 3 is 2.85 bits per heavy atom. The summed E-state index contributed by atoms with van der Waals surface area (Å²) in [5, 5.41) is 5.80. The van der Waals surface area contributed by atoms with Gasteiger partial charge in [0.25, 0.3) is 5.91 Å². The van der Waals surface area contributed by atoms with Crippen LogP contribution in [0.2, 0.25) is 0 Å². The van der Waals surface area contributed by atoms with Crippen molar-refractivity contribution in [1.82, 2.24) is 15.2 Å². The van der Waals surface area contributed by atoms with Crippen LogP contribution in [0.25, 0.3) is 0 Å². The molecule has 1 saturated heterocycles. The summed E-state index contributed by atoms with van der Waals surface area (Å²) in [5.74, 6) is 0.395. The highest BCUT2D eigenvalue weighted by atomic mass is 16.1. The van der Waals surface area contributed by atoms with Crippen molar-refractivity contribution in [3.63, 3.8) is 0 Å². The van der Waals surface area contributed by atoms with Crippen LogP contribution in [0, 0.1) is 0 Å². The maximum Gasteiger partial charge on any atom is 0.253 e. The summed E-state index contributed by atoms with van der Waals surface area (Å²) in [6.07, 6.45) is 5.43. The topological polar surface area (TPSA) is 83.3 Å². The zero-order valence-corrected chi connectivity index (χ0v) is 12.0. The average molecular weight is 277 g/mol. The number of amides is 1. The first-order chi connectivity index (χ1) is 9.72. The second-order valence-corrected chi connectivity index (χ2v) is 5.03. The van der Waals surface area contributed by atoms with Crippen molar-refractivity contribution in [3.8, 4) is 0 Å². The molecule has 0 unspecified atom stereocenters. The minimum atomic E-state index is -0.140. The number of likely N-dealkylation sites (tertiary alicyclic amines) is 1. The molecule has 0 aromatic carbocycles. The summed E-state index contributed by atoms with van der Waals surface area (Å²) in [4.78, 5) is 18.6. The van der Waals surface area contributed by atoms with E-state index in [0.717, 1.165) is 19.6 Å². The largest absolute Gasteiger partial charge is 0.395 e. The predicted molar refractivity (Wildman–Crippen MR) is 80.8 cm³/mol. The molecule has 1 amide bonds. The summed E-state index contributed by atoms with van der Waals surface area (Å²) in [5.41, 5.74) is 6.78. The number of nitrogens with one attached hydrogen (secondary N) is 2. The molecule has 110 valence electrons. The maximum absolute atomic E-state index is 12.1. The molecule has 0 spiro atoms. The van der Waals surface area contributed by atoms with Gasteiger partial charge >= 0.3 is 0 Å². The lowest BCUT2D eigenvalue weighted by atomic mass is 10.1. The minimum absolute atomic E-state index is 0.140. The van der Waals surface area contributed by atoms with E-state index in [-0.39, 0.29) is 5.91 Å². The summed E-state index contributed by atoms with van der Waals surface area (Å²) >= 11 is 0. The van der Waals surface area contributed by atoms with Gasteiger partial charge in [-0.05, 0) is 32.0 Å². The van der Waals surface area contributed by atoms with Gasteiger partial charge < -0.3 is 21.3 Å². The van der Waals surface area contributed by atoms with Crippen LogP contribution in [0.1, 0.15) is 29.6 Å². The van der Waals surface area contributed by atoms with Crippen LogP contribution < -0.4 is 16.4 Å². The van der Waals surface area contributed by atoms with Crippen LogP contribution in [0.3, 0.4) is 0 Å². The molecule has 0 radical (unpaired) electrons. The van der Waals surface area contributed by atoms with E-state index in [1.807, 2.05) is 0 Å². The third-order valence-corrected chi connectivity index (χ3v) is 3.63. The lowest BCUT2D eigenvalue weighted by Gasteiger charge is -2.26. The molecule has 0 atom stereocenters. The monoisotopic (exact) mass is 277 g/mol. The standard InChI is InChI=1S/C14H23N5O/c1-16-13-12(15)11(5-6-17-13)14(20)18-7-10-19-8-3-2-4-9-19/h5-6H,2-4,7-10,15H2,1H3,(H,16,17)(H,18,20).